The molecule has 3 heterocycles. The van der Waals surface area contributed by atoms with Gasteiger partial charge in [-0.25, -0.2) is 0 Å². The van der Waals surface area contributed by atoms with Crippen molar-refractivity contribution in [2.75, 3.05) is 19.6 Å². The molecular weight excluding hydrogens is 288 g/mol. The van der Waals surface area contributed by atoms with Crippen LogP contribution in [0, 0.1) is 5.92 Å². The molecule has 3 rings (SSSR count). The monoisotopic (exact) mass is 312 g/mol. The van der Waals surface area contributed by atoms with Gasteiger partial charge in [-0.05, 0) is 43.7 Å². The molecule has 2 fully saturated rings. The van der Waals surface area contributed by atoms with Gasteiger partial charge >= 0.3 is 0 Å². The summed E-state index contributed by atoms with van der Waals surface area (Å²) in [6.45, 7) is 4.01. The molecule has 0 radical (unpaired) electrons. The summed E-state index contributed by atoms with van der Waals surface area (Å²) in [7, 11) is -3.39. The summed E-state index contributed by atoms with van der Waals surface area (Å²) in [5.41, 5.74) is 0. The Balaban J connectivity index is 1.85. The van der Waals surface area contributed by atoms with Gasteiger partial charge in [-0.3, -0.25) is 0 Å². The Morgan fingerprint density at radius 1 is 1.19 bits per heavy atom. The molecule has 0 aromatic carbocycles. The van der Waals surface area contributed by atoms with Crippen molar-refractivity contribution in [1.29, 1.82) is 0 Å². The molecule has 1 aromatic heterocycles. The van der Waals surface area contributed by atoms with Gasteiger partial charge < -0.3 is 4.42 Å². The fourth-order valence-corrected chi connectivity index (χ4v) is 5.44. The number of piperidine rings is 2. The molecule has 2 aliphatic rings. The first-order valence-corrected chi connectivity index (χ1v) is 9.29. The van der Waals surface area contributed by atoms with E-state index in [4.69, 9.17) is 4.42 Å². The van der Waals surface area contributed by atoms with Crippen molar-refractivity contribution in [2.45, 2.75) is 45.1 Å². The summed E-state index contributed by atoms with van der Waals surface area (Å²) in [6, 6.07) is 3.57. The smallest absolute Gasteiger partial charge is 0.282 e. The molecule has 0 N–H and O–H groups in total. The van der Waals surface area contributed by atoms with Gasteiger partial charge in [-0.15, -0.1) is 0 Å². The lowest BCUT2D eigenvalue weighted by molar-refractivity contribution is 0.194. The molecule has 0 amide bonds. The van der Waals surface area contributed by atoms with Crippen LogP contribution in [-0.4, -0.2) is 36.7 Å². The lowest BCUT2D eigenvalue weighted by Gasteiger charge is -2.39. The van der Waals surface area contributed by atoms with Crippen molar-refractivity contribution in [3.05, 3.63) is 24.2 Å². The van der Waals surface area contributed by atoms with E-state index >= 15 is 0 Å². The topological polar surface area (TPSA) is 53.8 Å². The normalized spacial score (nSPS) is 29.6. The molecule has 0 aliphatic carbocycles. The lowest BCUT2D eigenvalue weighted by Crippen LogP contribution is -2.50. The quantitative estimate of drug-likeness (QED) is 0.862. The predicted molar refractivity (Wildman–Crippen MR) is 80.9 cm³/mol. The summed E-state index contributed by atoms with van der Waals surface area (Å²) < 4.78 is 34.8. The molecule has 0 bridgehead atoms. The van der Waals surface area contributed by atoms with E-state index in [-0.39, 0.29) is 6.04 Å². The molecule has 21 heavy (non-hydrogen) atoms. The maximum absolute atomic E-state index is 13.0. The Morgan fingerprint density at radius 3 is 2.76 bits per heavy atom. The fourth-order valence-electron chi connectivity index (χ4n) is 3.45. The number of nitrogens with zero attached hydrogens (tertiary/aromatic N) is 2. The number of hydrogen-bond donors (Lipinski definition) is 0. The van der Waals surface area contributed by atoms with Gasteiger partial charge in [0, 0.05) is 19.6 Å². The summed E-state index contributed by atoms with van der Waals surface area (Å²) in [4.78, 5) is 0. The van der Waals surface area contributed by atoms with Crippen LogP contribution < -0.4 is 0 Å². The van der Waals surface area contributed by atoms with Crippen LogP contribution in [0.2, 0.25) is 0 Å². The maximum atomic E-state index is 13.0. The maximum Gasteiger partial charge on any atom is 0.282 e. The van der Waals surface area contributed by atoms with Crippen molar-refractivity contribution >= 4 is 10.2 Å². The van der Waals surface area contributed by atoms with Crippen molar-refractivity contribution in [3.63, 3.8) is 0 Å². The Labute approximate surface area is 127 Å². The Kier molecular flexibility index (Phi) is 4.38. The van der Waals surface area contributed by atoms with Gasteiger partial charge in [0.1, 0.15) is 5.76 Å². The summed E-state index contributed by atoms with van der Waals surface area (Å²) >= 11 is 0. The number of rotatable bonds is 3. The predicted octanol–water partition coefficient (Wildman–Crippen LogP) is 2.78. The zero-order chi connectivity index (χ0) is 14.9. The number of furan rings is 1. The van der Waals surface area contributed by atoms with Crippen molar-refractivity contribution < 1.29 is 12.8 Å². The zero-order valence-electron chi connectivity index (χ0n) is 12.6. The first kappa shape index (κ1) is 15.1. The van der Waals surface area contributed by atoms with Crippen molar-refractivity contribution in [3.8, 4) is 0 Å². The van der Waals surface area contributed by atoms with Gasteiger partial charge in [-0.2, -0.15) is 17.0 Å². The highest BCUT2D eigenvalue weighted by atomic mass is 32.2. The van der Waals surface area contributed by atoms with Gasteiger partial charge in [0.05, 0.1) is 12.3 Å². The van der Waals surface area contributed by atoms with E-state index in [0.29, 0.717) is 25.6 Å². The minimum atomic E-state index is -3.39. The second kappa shape index (κ2) is 6.10. The van der Waals surface area contributed by atoms with E-state index in [1.807, 2.05) is 12.1 Å². The molecule has 1 aromatic rings. The van der Waals surface area contributed by atoms with E-state index < -0.39 is 10.2 Å². The standard InChI is InChI=1S/C15H24N2O3S/c1-13-6-4-9-16(12-13)21(18,19)17-10-3-2-7-14(17)15-8-5-11-20-15/h5,8,11,13-14H,2-4,6-7,9-10,12H2,1H3. The largest absolute Gasteiger partial charge is 0.468 e. The Hall–Kier alpha value is -0.850. The van der Waals surface area contributed by atoms with Crippen molar-refractivity contribution in [2.24, 2.45) is 5.92 Å². The van der Waals surface area contributed by atoms with Crippen LogP contribution in [0.25, 0.3) is 0 Å². The minimum absolute atomic E-state index is 0.143. The van der Waals surface area contributed by atoms with E-state index in [2.05, 4.69) is 6.92 Å². The zero-order valence-corrected chi connectivity index (χ0v) is 13.4. The molecule has 0 saturated carbocycles. The van der Waals surface area contributed by atoms with Crippen LogP contribution in [0.4, 0.5) is 0 Å². The van der Waals surface area contributed by atoms with Gasteiger partial charge in [-0.1, -0.05) is 13.3 Å². The average molecular weight is 312 g/mol. The molecule has 6 heteroatoms. The molecule has 2 aliphatic heterocycles. The molecule has 2 atom stereocenters. The fraction of sp³-hybridized carbons (Fsp3) is 0.733. The highest BCUT2D eigenvalue weighted by Gasteiger charge is 2.39. The van der Waals surface area contributed by atoms with Gasteiger partial charge in [0.2, 0.25) is 0 Å². The summed E-state index contributed by atoms with van der Waals surface area (Å²) in [5, 5.41) is 0. The van der Waals surface area contributed by atoms with E-state index in [1.54, 1.807) is 14.9 Å². The summed E-state index contributed by atoms with van der Waals surface area (Å²) in [6.07, 6.45) is 6.52. The second-order valence-corrected chi connectivity index (χ2v) is 8.13. The minimum Gasteiger partial charge on any atom is -0.468 e. The molecule has 2 unspecified atom stereocenters. The van der Waals surface area contributed by atoms with Crippen LogP contribution in [-0.2, 0) is 10.2 Å². The molecule has 0 spiro atoms. The summed E-state index contributed by atoms with van der Waals surface area (Å²) in [5.74, 6) is 1.21. The second-order valence-electron chi connectivity index (χ2n) is 6.25. The van der Waals surface area contributed by atoms with E-state index in [0.717, 1.165) is 37.9 Å². The first-order chi connectivity index (χ1) is 10.1. The average Bonchev–Trinajstić information content (AvgIpc) is 3.01. The van der Waals surface area contributed by atoms with E-state index in [1.165, 1.54) is 0 Å². The Morgan fingerprint density at radius 2 is 2.05 bits per heavy atom. The molecule has 5 nitrogen and oxygen atoms in total. The lowest BCUT2D eigenvalue weighted by atomic mass is 10.0. The SMILES string of the molecule is CC1CCCN(S(=O)(=O)N2CCCCC2c2ccco2)C1. The third kappa shape index (κ3) is 3.03. The van der Waals surface area contributed by atoms with Crippen LogP contribution in [0.3, 0.4) is 0 Å². The van der Waals surface area contributed by atoms with E-state index in [9.17, 15) is 8.42 Å². The molecule has 118 valence electrons. The molecular formula is C15H24N2O3S. The third-order valence-corrected chi connectivity index (χ3v) is 6.58. The van der Waals surface area contributed by atoms with Crippen LogP contribution in [0.1, 0.15) is 50.8 Å². The van der Waals surface area contributed by atoms with Crippen molar-refractivity contribution in [1.82, 2.24) is 8.61 Å². The highest BCUT2D eigenvalue weighted by molar-refractivity contribution is 7.86. The Bertz CT molecular complexity index is 555. The van der Waals surface area contributed by atoms with Crippen LogP contribution in [0.15, 0.2) is 22.8 Å². The van der Waals surface area contributed by atoms with Gasteiger partial charge in [0.15, 0.2) is 0 Å². The highest BCUT2D eigenvalue weighted by Crippen LogP contribution is 2.35. The third-order valence-electron chi connectivity index (χ3n) is 4.57. The molecule has 2 saturated heterocycles. The number of hydrogen-bond acceptors (Lipinski definition) is 3. The van der Waals surface area contributed by atoms with Crippen LogP contribution in [0.5, 0.6) is 0 Å². The van der Waals surface area contributed by atoms with Crippen LogP contribution >= 0.6 is 0 Å². The first-order valence-electron chi connectivity index (χ1n) is 7.89. The van der Waals surface area contributed by atoms with Gasteiger partial charge in [0.25, 0.3) is 10.2 Å².